The Kier molecular flexibility index (Phi) is 5.67. The van der Waals surface area contributed by atoms with Crippen LogP contribution < -0.4 is 21.7 Å². The van der Waals surface area contributed by atoms with E-state index in [0.29, 0.717) is 36.0 Å². The van der Waals surface area contributed by atoms with Crippen molar-refractivity contribution in [3.63, 3.8) is 0 Å². The van der Waals surface area contributed by atoms with Crippen molar-refractivity contribution in [2.75, 3.05) is 30.8 Å². The van der Waals surface area contributed by atoms with Crippen molar-refractivity contribution in [3.8, 4) is 0 Å². The zero-order valence-corrected chi connectivity index (χ0v) is 19.9. The molecule has 0 bridgehead atoms. The quantitative estimate of drug-likeness (QED) is 0.529. The molecule has 0 radical (unpaired) electrons. The molecule has 4 heterocycles. The van der Waals surface area contributed by atoms with Gasteiger partial charge in [-0.05, 0) is 50.3 Å². The Morgan fingerprint density at radius 3 is 2.88 bits per heavy atom. The van der Waals surface area contributed by atoms with Gasteiger partial charge in [0.1, 0.15) is 9.71 Å². The first-order chi connectivity index (χ1) is 15.8. The third kappa shape index (κ3) is 4.03. The molecule has 10 heteroatoms. The monoisotopic (exact) mass is 467 g/mol. The number of nitrogen functional groups attached to an aromatic ring is 1. The summed E-state index contributed by atoms with van der Waals surface area (Å²) in [7, 11) is 1.68. The highest BCUT2D eigenvalue weighted by Crippen LogP contribution is 2.35. The van der Waals surface area contributed by atoms with E-state index in [4.69, 9.17) is 21.2 Å². The van der Waals surface area contributed by atoms with E-state index in [1.54, 1.807) is 7.11 Å². The molecule has 0 saturated carbocycles. The average Bonchev–Trinajstić information content (AvgIpc) is 3.32. The first kappa shape index (κ1) is 22.0. The number of hydrogen-bond acceptors (Lipinski definition) is 9. The molecule has 1 fully saturated rings. The number of nitrogens with one attached hydrogen (secondary N) is 1. The van der Waals surface area contributed by atoms with Crippen LogP contribution in [0.2, 0.25) is 0 Å². The SMILES string of the molecule is CO[C@H]1CN(c2ncc3c(n2)CC[C@@H](NC(=O)c2sc4nc(C)cc(C)c4c2N)C3)C[C@@H]1N. The fourth-order valence-electron chi connectivity index (χ4n) is 4.87. The average molecular weight is 468 g/mol. The van der Waals surface area contributed by atoms with Crippen molar-refractivity contribution in [1.29, 1.82) is 0 Å². The summed E-state index contributed by atoms with van der Waals surface area (Å²) >= 11 is 1.35. The van der Waals surface area contributed by atoms with Gasteiger partial charge in [0.15, 0.2) is 0 Å². The van der Waals surface area contributed by atoms with Crippen LogP contribution in [0, 0.1) is 13.8 Å². The number of nitrogens with zero attached hydrogens (tertiary/aromatic N) is 4. The molecular formula is C23H29N7O2S. The highest BCUT2D eigenvalue weighted by Gasteiger charge is 2.32. The van der Waals surface area contributed by atoms with Gasteiger partial charge < -0.3 is 26.4 Å². The Hall–Kier alpha value is -2.82. The van der Waals surface area contributed by atoms with Gasteiger partial charge in [0.05, 0.1) is 17.8 Å². The van der Waals surface area contributed by atoms with Crippen LogP contribution in [0.25, 0.3) is 10.2 Å². The molecule has 3 aromatic heterocycles. The molecule has 1 saturated heterocycles. The van der Waals surface area contributed by atoms with Gasteiger partial charge in [-0.2, -0.15) is 0 Å². The highest BCUT2D eigenvalue weighted by atomic mass is 32.1. The minimum Gasteiger partial charge on any atom is -0.397 e. The van der Waals surface area contributed by atoms with Gasteiger partial charge in [0.2, 0.25) is 5.95 Å². The number of nitrogens with two attached hydrogens (primary N) is 2. The number of methoxy groups -OCH3 is 1. The number of pyridine rings is 1. The summed E-state index contributed by atoms with van der Waals surface area (Å²) < 4.78 is 5.44. The summed E-state index contributed by atoms with van der Waals surface area (Å²) in [4.78, 5) is 30.4. The Bertz CT molecular complexity index is 1230. The Morgan fingerprint density at radius 1 is 1.30 bits per heavy atom. The normalized spacial score (nSPS) is 22.5. The van der Waals surface area contributed by atoms with Crippen molar-refractivity contribution in [2.24, 2.45) is 5.73 Å². The zero-order chi connectivity index (χ0) is 23.3. The maximum atomic E-state index is 13.1. The first-order valence-corrected chi connectivity index (χ1v) is 12.0. The van der Waals surface area contributed by atoms with Crippen LogP contribution in [-0.4, -0.2) is 59.2 Å². The summed E-state index contributed by atoms with van der Waals surface area (Å²) in [6.07, 6.45) is 4.17. The van der Waals surface area contributed by atoms with Crippen molar-refractivity contribution >= 4 is 39.1 Å². The van der Waals surface area contributed by atoms with Crippen LogP contribution in [-0.2, 0) is 17.6 Å². The number of anilines is 2. The molecule has 3 aromatic rings. The van der Waals surface area contributed by atoms with Crippen molar-refractivity contribution in [1.82, 2.24) is 20.3 Å². The number of carbonyl (C=O) groups excluding carboxylic acids is 1. The Balaban J connectivity index is 1.29. The lowest BCUT2D eigenvalue weighted by Gasteiger charge is -2.26. The molecule has 1 amide bonds. The van der Waals surface area contributed by atoms with E-state index in [1.807, 2.05) is 26.1 Å². The lowest BCUT2D eigenvalue weighted by Crippen LogP contribution is -2.39. The number of aryl methyl sites for hydroxylation is 3. The van der Waals surface area contributed by atoms with Crippen LogP contribution >= 0.6 is 11.3 Å². The third-order valence-corrected chi connectivity index (χ3v) is 7.70. The number of carbonyl (C=O) groups is 1. The number of aromatic nitrogens is 3. The lowest BCUT2D eigenvalue weighted by molar-refractivity contribution is 0.0938. The topological polar surface area (TPSA) is 132 Å². The third-order valence-electron chi connectivity index (χ3n) is 6.60. The van der Waals surface area contributed by atoms with Gasteiger partial charge >= 0.3 is 0 Å². The van der Waals surface area contributed by atoms with E-state index >= 15 is 0 Å². The molecule has 5 rings (SSSR count). The number of amides is 1. The molecule has 0 spiro atoms. The summed E-state index contributed by atoms with van der Waals surface area (Å²) in [5.41, 5.74) is 17.1. The van der Waals surface area contributed by atoms with E-state index in [-0.39, 0.29) is 24.1 Å². The predicted molar refractivity (Wildman–Crippen MR) is 130 cm³/mol. The lowest BCUT2D eigenvalue weighted by atomic mass is 9.93. The number of hydrogen-bond donors (Lipinski definition) is 3. The molecule has 174 valence electrons. The van der Waals surface area contributed by atoms with Gasteiger partial charge in [0, 0.05) is 49.2 Å². The molecule has 5 N–H and O–H groups in total. The second-order valence-corrected chi connectivity index (χ2v) is 10.0. The fourth-order valence-corrected chi connectivity index (χ4v) is 5.99. The van der Waals surface area contributed by atoms with Crippen molar-refractivity contribution in [3.05, 3.63) is 39.7 Å². The smallest absolute Gasteiger partial charge is 0.263 e. The first-order valence-electron chi connectivity index (χ1n) is 11.2. The largest absolute Gasteiger partial charge is 0.397 e. The van der Waals surface area contributed by atoms with Gasteiger partial charge in [-0.15, -0.1) is 11.3 Å². The van der Waals surface area contributed by atoms with E-state index in [0.717, 1.165) is 45.6 Å². The molecule has 1 aliphatic heterocycles. The molecule has 3 atom stereocenters. The standard InChI is InChI=1S/C23H29N7O2S/c1-11-6-12(2)27-22-18(11)19(25)20(33-22)21(31)28-14-4-5-16-13(7-14)8-26-23(29-16)30-9-15(24)17(10-30)32-3/h6,8,14-15,17H,4-5,7,9-10,24-25H2,1-3H3,(H,28,31)/t14-,15+,17+/m1/s1. The molecular weight excluding hydrogens is 438 g/mol. The maximum absolute atomic E-state index is 13.1. The van der Waals surface area contributed by atoms with E-state index in [2.05, 4.69) is 20.2 Å². The molecule has 2 aliphatic rings. The molecule has 33 heavy (non-hydrogen) atoms. The summed E-state index contributed by atoms with van der Waals surface area (Å²) in [5.74, 6) is 0.553. The van der Waals surface area contributed by atoms with Crippen molar-refractivity contribution < 1.29 is 9.53 Å². The number of rotatable bonds is 4. The fraction of sp³-hybridized carbons (Fsp3) is 0.478. The number of ether oxygens (including phenoxy) is 1. The van der Waals surface area contributed by atoms with Gasteiger partial charge in [-0.25, -0.2) is 15.0 Å². The van der Waals surface area contributed by atoms with Gasteiger partial charge in [0.25, 0.3) is 5.91 Å². The molecule has 1 aliphatic carbocycles. The molecule has 0 aromatic carbocycles. The van der Waals surface area contributed by atoms with Crippen LogP contribution in [0.3, 0.4) is 0 Å². The van der Waals surface area contributed by atoms with E-state index < -0.39 is 0 Å². The molecule has 0 unspecified atom stereocenters. The van der Waals surface area contributed by atoms with E-state index in [9.17, 15) is 4.79 Å². The minimum absolute atomic E-state index is 0.00605. The van der Waals surface area contributed by atoms with E-state index in [1.165, 1.54) is 11.3 Å². The van der Waals surface area contributed by atoms with Crippen molar-refractivity contribution in [2.45, 2.75) is 51.3 Å². The summed E-state index contributed by atoms with van der Waals surface area (Å²) in [5, 5.41) is 4.04. The van der Waals surface area contributed by atoms with Crippen LogP contribution in [0.1, 0.15) is 38.6 Å². The van der Waals surface area contributed by atoms with Gasteiger partial charge in [-0.1, -0.05) is 0 Å². The van der Waals surface area contributed by atoms with Gasteiger partial charge in [-0.3, -0.25) is 4.79 Å². The Labute approximate surface area is 196 Å². The summed E-state index contributed by atoms with van der Waals surface area (Å²) in [6.45, 7) is 5.32. The van der Waals surface area contributed by atoms with Crippen LogP contribution in [0.15, 0.2) is 12.3 Å². The highest BCUT2D eigenvalue weighted by molar-refractivity contribution is 7.21. The molecule has 9 nitrogen and oxygen atoms in total. The zero-order valence-electron chi connectivity index (χ0n) is 19.1. The minimum atomic E-state index is -0.143. The summed E-state index contributed by atoms with van der Waals surface area (Å²) in [6, 6.07) is 1.96. The second-order valence-electron chi connectivity index (χ2n) is 9.00. The van der Waals surface area contributed by atoms with Crippen LogP contribution in [0.5, 0.6) is 0 Å². The number of thiophene rings is 1. The van der Waals surface area contributed by atoms with Crippen LogP contribution in [0.4, 0.5) is 11.6 Å². The second kappa shape index (κ2) is 8.51. The number of fused-ring (bicyclic) bond motifs is 2. The maximum Gasteiger partial charge on any atom is 0.263 e. The Morgan fingerprint density at radius 2 is 2.12 bits per heavy atom. The predicted octanol–water partition coefficient (Wildman–Crippen LogP) is 1.73.